The van der Waals surface area contributed by atoms with Gasteiger partial charge in [0.25, 0.3) is 0 Å². The summed E-state index contributed by atoms with van der Waals surface area (Å²) in [6, 6.07) is 10.0. The second kappa shape index (κ2) is 7.69. The molecule has 1 saturated carbocycles. The van der Waals surface area contributed by atoms with Crippen molar-refractivity contribution in [3.05, 3.63) is 63.4 Å². The van der Waals surface area contributed by atoms with Crippen LogP contribution in [0, 0.1) is 17.7 Å². The molecule has 0 bridgehead atoms. The molecule has 3 fully saturated rings. The Hall–Kier alpha value is -2.15. The third-order valence-corrected chi connectivity index (χ3v) is 8.63. The number of piperidine rings is 1. The topological polar surface area (TPSA) is 61.4 Å². The molecule has 6 rings (SSSR count). The summed E-state index contributed by atoms with van der Waals surface area (Å²) in [6.45, 7) is 1.24. The van der Waals surface area contributed by atoms with E-state index >= 15 is 4.39 Å². The first-order valence-corrected chi connectivity index (χ1v) is 12.3. The molecule has 1 aliphatic carbocycles. The molecule has 2 saturated heterocycles. The maximum absolute atomic E-state index is 15.6. The van der Waals surface area contributed by atoms with E-state index in [0.29, 0.717) is 41.7 Å². The Balaban J connectivity index is 1.64. The number of benzene rings is 2. The Labute approximate surface area is 201 Å². The molecule has 4 atom stereocenters. The van der Waals surface area contributed by atoms with Gasteiger partial charge in [0.1, 0.15) is 11.4 Å². The highest BCUT2D eigenvalue weighted by Crippen LogP contribution is 2.61. The van der Waals surface area contributed by atoms with E-state index < -0.39 is 23.2 Å². The smallest absolute Gasteiger partial charge is 0.250 e. The number of likely N-dealkylation sites (tertiary alicyclic amines) is 1. The standard InChI is InChI=1S/C25H24Cl2FN3O2/c26-14-7-8-16-18(11-14)30-24(33)25(16)21(15-5-2-6-17(27)22(15)28)20-19(9-10-29-23(20)32)31(25)12-13-3-1-4-13/h2,5-8,11,13,19-21H,1,3-4,9-10,12H2,(H,29,32)(H,30,33)/t19-,20+,21-,25+/m0/s1. The fourth-order valence-electron chi connectivity index (χ4n) is 6.54. The number of fused-ring (bicyclic) bond motifs is 3. The van der Waals surface area contributed by atoms with Crippen LogP contribution in [0.3, 0.4) is 0 Å². The number of halogens is 3. The summed E-state index contributed by atoms with van der Waals surface area (Å²) >= 11 is 12.5. The third-order valence-electron chi connectivity index (χ3n) is 8.10. The van der Waals surface area contributed by atoms with Gasteiger partial charge in [0, 0.05) is 41.3 Å². The van der Waals surface area contributed by atoms with E-state index in [2.05, 4.69) is 15.5 Å². The summed E-state index contributed by atoms with van der Waals surface area (Å²) < 4.78 is 15.6. The van der Waals surface area contributed by atoms with Gasteiger partial charge in [0.05, 0.1) is 10.9 Å². The summed E-state index contributed by atoms with van der Waals surface area (Å²) in [5.41, 5.74) is 0.474. The SMILES string of the molecule is O=C1NCC[C@H]2[C@@H]1[C@H](c1cccc(Cl)c1F)[C@]1(C(=O)Nc3cc(Cl)ccc31)N2CC1CCC1. The Morgan fingerprint density at radius 1 is 1.12 bits per heavy atom. The monoisotopic (exact) mass is 487 g/mol. The van der Waals surface area contributed by atoms with Crippen LogP contribution in [0.15, 0.2) is 36.4 Å². The van der Waals surface area contributed by atoms with Crippen molar-refractivity contribution in [2.24, 2.45) is 11.8 Å². The first kappa shape index (κ1) is 21.4. The van der Waals surface area contributed by atoms with E-state index in [1.807, 2.05) is 6.07 Å². The lowest BCUT2D eigenvalue weighted by atomic mass is 9.70. The molecule has 8 heteroatoms. The molecule has 2 amide bonds. The Morgan fingerprint density at radius 2 is 1.94 bits per heavy atom. The lowest BCUT2D eigenvalue weighted by Crippen LogP contribution is -2.54. The molecule has 2 aromatic rings. The maximum atomic E-state index is 15.6. The summed E-state index contributed by atoms with van der Waals surface area (Å²) in [5, 5.41) is 6.48. The predicted molar refractivity (Wildman–Crippen MR) is 125 cm³/mol. The van der Waals surface area contributed by atoms with Crippen molar-refractivity contribution < 1.29 is 14.0 Å². The molecule has 33 heavy (non-hydrogen) atoms. The summed E-state index contributed by atoms with van der Waals surface area (Å²) in [7, 11) is 0. The number of hydrogen-bond donors (Lipinski definition) is 2. The van der Waals surface area contributed by atoms with Crippen molar-refractivity contribution in [3.63, 3.8) is 0 Å². The number of carbonyl (C=O) groups excluding carboxylic acids is 2. The van der Waals surface area contributed by atoms with Gasteiger partial charge in [-0.05, 0) is 48.9 Å². The van der Waals surface area contributed by atoms with E-state index in [9.17, 15) is 9.59 Å². The zero-order chi connectivity index (χ0) is 22.9. The predicted octanol–water partition coefficient (Wildman–Crippen LogP) is 4.68. The summed E-state index contributed by atoms with van der Waals surface area (Å²) in [4.78, 5) is 29.6. The molecule has 0 aromatic heterocycles. The Bertz CT molecular complexity index is 1170. The van der Waals surface area contributed by atoms with Gasteiger partial charge < -0.3 is 10.6 Å². The van der Waals surface area contributed by atoms with Gasteiger partial charge in [-0.25, -0.2) is 4.39 Å². The van der Waals surface area contributed by atoms with Gasteiger partial charge in [-0.15, -0.1) is 0 Å². The maximum Gasteiger partial charge on any atom is 0.250 e. The second-order valence-electron chi connectivity index (χ2n) is 9.65. The van der Waals surface area contributed by atoms with Gasteiger partial charge in [0.15, 0.2) is 0 Å². The zero-order valence-corrected chi connectivity index (χ0v) is 19.4. The van der Waals surface area contributed by atoms with Crippen LogP contribution >= 0.6 is 23.2 Å². The zero-order valence-electron chi connectivity index (χ0n) is 17.9. The average Bonchev–Trinajstić information content (AvgIpc) is 3.20. The van der Waals surface area contributed by atoms with Gasteiger partial charge in [0.2, 0.25) is 11.8 Å². The molecule has 2 N–H and O–H groups in total. The number of nitrogens with zero attached hydrogens (tertiary/aromatic N) is 1. The number of rotatable bonds is 3. The first-order chi connectivity index (χ1) is 15.9. The fraction of sp³-hybridized carbons (Fsp3) is 0.440. The Kier molecular flexibility index (Phi) is 4.98. The number of hydrogen-bond acceptors (Lipinski definition) is 3. The number of nitrogens with one attached hydrogen (secondary N) is 2. The van der Waals surface area contributed by atoms with E-state index in [1.165, 1.54) is 12.5 Å². The molecule has 0 radical (unpaired) electrons. The molecule has 3 aliphatic heterocycles. The summed E-state index contributed by atoms with van der Waals surface area (Å²) in [6.07, 6.45) is 4.08. The van der Waals surface area contributed by atoms with Crippen molar-refractivity contribution >= 4 is 40.7 Å². The van der Waals surface area contributed by atoms with E-state index in [0.717, 1.165) is 18.4 Å². The van der Waals surface area contributed by atoms with Crippen LogP contribution in [0.4, 0.5) is 10.1 Å². The van der Waals surface area contributed by atoms with Crippen LogP contribution in [0.5, 0.6) is 0 Å². The second-order valence-corrected chi connectivity index (χ2v) is 10.5. The average molecular weight is 488 g/mol. The minimum absolute atomic E-state index is 0.0115. The van der Waals surface area contributed by atoms with Crippen LogP contribution in [0.1, 0.15) is 42.7 Å². The molecule has 1 spiro atoms. The van der Waals surface area contributed by atoms with Crippen molar-refractivity contribution in [1.82, 2.24) is 10.2 Å². The molecule has 4 aliphatic rings. The van der Waals surface area contributed by atoms with Crippen LogP contribution in [-0.4, -0.2) is 35.8 Å². The normalized spacial score (nSPS) is 31.2. The highest BCUT2D eigenvalue weighted by Gasteiger charge is 2.69. The van der Waals surface area contributed by atoms with E-state index in [4.69, 9.17) is 23.2 Å². The van der Waals surface area contributed by atoms with Gasteiger partial charge in [-0.1, -0.05) is 47.8 Å². The highest BCUT2D eigenvalue weighted by molar-refractivity contribution is 6.31. The van der Waals surface area contributed by atoms with Crippen LogP contribution < -0.4 is 10.6 Å². The quantitative estimate of drug-likeness (QED) is 0.660. The number of carbonyl (C=O) groups is 2. The molecular formula is C25H24Cl2FN3O2. The van der Waals surface area contributed by atoms with E-state index in [-0.39, 0.29) is 22.9 Å². The van der Waals surface area contributed by atoms with Crippen LogP contribution in [-0.2, 0) is 15.1 Å². The lowest BCUT2D eigenvalue weighted by Gasteiger charge is -2.43. The fourth-order valence-corrected chi connectivity index (χ4v) is 6.89. The van der Waals surface area contributed by atoms with Crippen LogP contribution in [0.25, 0.3) is 0 Å². The van der Waals surface area contributed by atoms with E-state index in [1.54, 1.807) is 24.3 Å². The van der Waals surface area contributed by atoms with Gasteiger partial charge in [-0.2, -0.15) is 0 Å². The molecule has 3 heterocycles. The van der Waals surface area contributed by atoms with Crippen LogP contribution in [0.2, 0.25) is 10.0 Å². The molecule has 0 unspecified atom stereocenters. The number of amides is 2. The summed E-state index contributed by atoms with van der Waals surface area (Å²) in [5.74, 6) is -1.77. The molecule has 172 valence electrons. The van der Waals surface area contributed by atoms with Crippen molar-refractivity contribution in [3.8, 4) is 0 Å². The molecule has 2 aromatic carbocycles. The van der Waals surface area contributed by atoms with Crippen molar-refractivity contribution in [2.45, 2.75) is 43.2 Å². The third kappa shape index (κ3) is 2.93. The molecule has 5 nitrogen and oxygen atoms in total. The minimum atomic E-state index is -1.21. The lowest BCUT2D eigenvalue weighted by molar-refractivity contribution is -0.129. The van der Waals surface area contributed by atoms with Crippen molar-refractivity contribution in [2.75, 3.05) is 18.4 Å². The highest BCUT2D eigenvalue weighted by atomic mass is 35.5. The van der Waals surface area contributed by atoms with Crippen molar-refractivity contribution in [1.29, 1.82) is 0 Å². The van der Waals surface area contributed by atoms with Gasteiger partial charge in [-0.3, -0.25) is 14.5 Å². The Morgan fingerprint density at radius 3 is 2.70 bits per heavy atom. The minimum Gasteiger partial charge on any atom is -0.356 e. The first-order valence-electron chi connectivity index (χ1n) is 11.5. The molecular weight excluding hydrogens is 464 g/mol. The van der Waals surface area contributed by atoms with Gasteiger partial charge >= 0.3 is 0 Å². The number of anilines is 1. The largest absolute Gasteiger partial charge is 0.356 e.